The van der Waals surface area contributed by atoms with Crippen LogP contribution in [-0.2, 0) is 0 Å². The van der Waals surface area contributed by atoms with E-state index in [1.165, 1.54) is 0 Å². The van der Waals surface area contributed by atoms with Crippen molar-refractivity contribution < 1.29 is 9.90 Å². The largest absolute Gasteiger partial charge is 0.478 e. The van der Waals surface area contributed by atoms with Crippen LogP contribution in [0.2, 0.25) is 5.02 Å². The van der Waals surface area contributed by atoms with E-state index in [0.29, 0.717) is 0 Å². The Bertz CT molecular complexity index is 643. The Labute approximate surface area is 137 Å². The zero-order chi connectivity index (χ0) is 15.4. The molecular formula is C16H15BrClNO2. The molecule has 0 bridgehead atoms. The Balaban J connectivity index is 2.24. The molecule has 0 amide bonds. The second-order valence-electron chi connectivity index (χ2n) is 4.66. The van der Waals surface area contributed by atoms with Gasteiger partial charge in [0.15, 0.2) is 0 Å². The standard InChI is InChI=1S/C16H15BrClNO2/c1-2-15(10-3-5-11(17)6-4-10)19-12-7-8-14(18)13(9-12)16(20)21/h3-9,15,19H,2H2,1H3,(H,20,21). The molecule has 1 unspecified atom stereocenters. The highest BCUT2D eigenvalue weighted by Crippen LogP contribution is 2.26. The molecule has 0 radical (unpaired) electrons. The van der Waals surface area contributed by atoms with E-state index in [2.05, 4.69) is 28.2 Å². The molecule has 0 aliphatic heterocycles. The number of benzene rings is 2. The zero-order valence-electron chi connectivity index (χ0n) is 11.4. The summed E-state index contributed by atoms with van der Waals surface area (Å²) in [5.41, 5.74) is 1.99. The van der Waals surface area contributed by atoms with Crippen LogP contribution in [0.1, 0.15) is 35.3 Å². The molecule has 0 aromatic heterocycles. The summed E-state index contributed by atoms with van der Waals surface area (Å²) in [6, 6.07) is 13.1. The molecule has 0 aliphatic carbocycles. The maximum atomic E-state index is 11.1. The van der Waals surface area contributed by atoms with Crippen molar-refractivity contribution in [1.82, 2.24) is 0 Å². The molecule has 5 heteroatoms. The summed E-state index contributed by atoms with van der Waals surface area (Å²) in [6.45, 7) is 2.08. The van der Waals surface area contributed by atoms with E-state index >= 15 is 0 Å². The minimum absolute atomic E-state index is 0.104. The molecule has 0 saturated carbocycles. The first-order chi connectivity index (χ1) is 10.0. The summed E-state index contributed by atoms with van der Waals surface area (Å²) in [6.07, 6.45) is 0.882. The number of aromatic carboxylic acids is 1. The van der Waals surface area contributed by atoms with E-state index in [0.717, 1.165) is 22.1 Å². The van der Waals surface area contributed by atoms with Crippen LogP contribution in [0.5, 0.6) is 0 Å². The van der Waals surface area contributed by atoms with E-state index in [4.69, 9.17) is 16.7 Å². The maximum Gasteiger partial charge on any atom is 0.337 e. The third kappa shape index (κ3) is 3.99. The van der Waals surface area contributed by atoms with Crippen molar-refractivity contribution in [1.29, 1.82) is 0 Å². The SMILES string of the molecule is CCC(Nc1ccc(Cl)c(C(=O)O)c1)c1ccc(Br)cc1. The van der Waals surface area contributed by atoms with Crippen LogP contribution in [0.3, 0.4) is 0 Å². The van der Waals surface area contributed by atoms with Crippen LogP contribution in [0.4, 0.5) is 5.69 Å². The summed E-state index contributed by atoms with van der Waals surface area (Å²) in [5.74, 6) is -1.03. The molecule has 2 N–H and O–H groups in total. The lowest BCUT2D eigenvalue weighted by Crippen LogP contribution is -2.10. The highest BCUT2D eigenvalue weighted by Gasteiger charge is 2.13. The van der Waals surface area contributed by atoms with Crippen molar-refractivity contribution in [3.63, 3.8) is 0 Å². The monoisotopic (exact) mass is 367 g/mol. The van der Waals surface area contributed by atoms with Gasteiger partial charge in [0, 0.05) is 10.2 Å². The molecule has 0 fully saturated rings. The van der Waals surface area contributed by atoms with Crippen molar-refractivity contribution in [2.75, 3.05) is 5.32 Å². The fraction of sp³-hybridized carbons (Fsp3) is 0.188. The zero-order valence-corrected chi connectivity index (χ0v) is 13.8. The molecule has 1 atom stereocenters. The van der Waals surface area contributed by atoms with Crippen LogP contribution >= 0.6 is 27.5 Å². The summed E-state index contributed by atoms with van der Waals surface area (Å²) in [4.78, 5) is 11.1. The lowest BCUT2D eigenvalue weighted by Gasteiger charge is -2.19. The van der Waals surface area contributed by atoms with Gasteiger partial charge in [0.05, 0.1) is 16.6 Å². The van der Waals surface area contributed by atoms with Crippen molar-refractivity contribution in [2.24, 2.45) is 0 Å². The van der Waals surface area contributed by atoms with E-state index in [-0.39, 0.29) is 16.6 Å². The summed E-state index contributed by atoms with van der Waals surface area (Å²) >= 11 is 9.30. The van der Waals surface area contributed by atoms with Gasteiger partial charge in [-0.15, -0.1) is 0 Å². The lowest BCUT2D eigenvalue weighted by molar-refractivity contribution is 0.0697. The number of carboxylic acids is 1. The second kappa shape index (κ2) is 6.96. The van der Waals surface area contributed by atoms with Crippen LogP contribution in [0, 0.1) is 0 Å². The molecule has 0 spiro atoms. The average Bonchev–Trinajstić information content (AvgIpc) is 2.47. The first kappa shape index (κ1) is 15.9. The molecule has 110 valence electrons. The molecule has 3 nitrogen and oxygen atoms in total. The van der Waals surface area contributed by atoms with Gasteiger partial charge >= 0.3 is 5.97 Å². The van der Waals surface area contributed by atoms with Gasteiger partial charge in [-0.3, -0.25) is 0 Å². The van der Waals surface area contributed by atoms with Crippen LogP contribution < -0.4 is 5.32 Å². The van der Waals surface area contributed by atoms with Crippen molar-refractivity contribution in [2.45, 2.75) is 19.4 Å². The summed E-state index contributed by atoms with van der Waals surface area (Å²) < 4.78 is 1.03. The molecule has 21 heavy (non-hydrogen) atoms. The van der Waals surface area contributed by atoms with Gasteiger partial charge in [-0.1, -0.05) is 46.6 Å². The Kier molecular flexibility index (Phi) is 5.26. The average molecular weight is 369 g/mol. The third-order valence-corrected chi connectivity index (χ3v) is 4.08. The van der Waals surface area contributed by atoms with Crippen LogP contribution in [-0.4, -0.2) is 11.1 Å². The highest BCUT2D eigenvalue weighted by atomic mass is 79.9. The van der Waals surface area contributed by atoms with Crippen molar-refractivity contribution >= 4 is 39.2 Å². The number of halogens is 2. The van der Waals surface area contributed by atoms with Crippen molar-refractivity contribution in [3.05, 3.63) is 63.1 Å². The van der Waals surface area contributed by atoms with E-state index in [1.807, 2.05) is 24.3 Å². The van der Waals surface area contributed by atoms with Gasteiger partial charge in [0.1, 0.15) is 0 Å². The molecule has 0 saturated heterocycles. The second-order valence-corrected chi connectivity index (χ2v) is 5.98. The van der Waals surface area contributed by atoms with Crippen molar-refractivity contribution in [3.8, 4) is 0 Å². The quantitative estimate of drug-likeness (QED) is 0.746. The summed E-state index contributed by atoms with van der Waals surface area (Å²) in [5, 5.41) is 12.7. The number of hydrogen-bond donors (Lipinski definition) is 2. The summed E-state index contributed by atoms with van der Waals surface area (Å²) in [7, 11) is 0. The highest BCUT2D eigenvalue weighted by molar-refractivity contribution is 9.10. The Morgan fingerprint density at radius 1 is 1.29 bits per heavy atom. The van der Waals surface area contributed by atoms with Gasteiger partial charge in [0.25, 0.3) is 0 Å². The predicted molar refractivity (Wildman–Crippen MR) is 89.2 cm³/mol. The van der Waals surface area contributed by atoms with Gasteiger partial charge in [-0.05, 0) is 42.3 Å². The number of hydrogen-bond acceptors (Lipinski definition) is 2. The van der Waals surface area contributed by atoms with Crippen LogP contribution in [0.15, 0.2) is 46.9 Å². The molecule has 2 rings (SSSR count). The Hall–Kier alpha value is -1.52. The number of nitrogens with one attached hydrogen (secondary N) is 1. The number of anilines is 1. The molecule has 0 aliphatic rings. The smallest absolute Gasteiger partial charge is 0.337 e. The van der Waals surface area contributed by atoms with E-state index in [9.17, 15) is 4.79 Å². The third-order valence-electron chi connectivity index (χ3n) is 3.22. The number of carboxylic acid groups (broad SMARTS) is 1. The Morgan fingerprint density at radius 3 is 2.52 bits per heavy atom. The van der Waals surface area contributed by atoms with Gasteiger partial charge in [-0.2, -0.15) is 0 Å². The topological polar surface area (TPSA) is 49.3 Å². The maximum absolute atomic E-state index is 11.1. The Morgan fingerprint density at radius 2 is 1.95 bits per heavy atom. The molecular weight excluding hydrogens is 354 g/mol. The van der Waals surface area contributed by atoms with E-state index < -0.39 is 5.97 Å². The number of rotatable bonds is 5. The molecule has 0 heterocycles. The van der Waals surface area contributed by atoms with Gasteiger partial charge < -0.3 is 10.4 Å². The van der Waals surface area contributed by atoms with Gasteiger partial charge in [-0.25, -0.2) is 4.79 Å². The predicted octanol–water partition coefficient (Wildman–Crippen LogP) is 5.36. The minimum Gasteiger partial charge on any atom is -0.478 e. The first-order valence-corrected chi connectivity index (χ1v) is 7.73. The molecule has 2 aromatic rings. The first-order valence-electron chi connectivity index (χ1n) is 6.56. The normalized spacial score (nSPS) is 12.0. The van der Waals surface area contributed by atoms with Gasteiger partial charge in [0.2, 0.25) is 0 Å². The van der Waals surface area contributed by atoms with Crippen LogP contribution in [0.25, 0.3) is 0 Å². The van der Waals surface area contributed by atoms with E-state index in [1.54, 1.807) is 18.2 Å². The lowest BCUT2D eigenvalue weighted by atomic mass is 10.0. The minimum atomic E-state index is -1.03. The fourth-order valence-corrected chi connectivity index (χ4v) is 2.56. The molecule has 2 aromatic carbocycles. The fourth-order valence-electron chi connectivity index (χ4n) is 2.10. The number of carbonyl (C=O) groups is 1.